The fourth-order valence-electron chi connectivity index (χ4n) is 2.66. The van der Waals surface area contributed by atoms with Gasteiger partial charge in [0.05, 0.1) is 10.5 Å². The average Bonchev–Trinajstić information content (AvgIpc) is 3.19. The summed E-state index contributed by atoms with van der Waals surface area (Å²) in [6.07, 6.45) is -3.45. The summed E-state index contributed by atoms with van der Waals surface area (Å²) < 4.78 is 66.6. The number of benzene rings is 2. The molecule has 2 aromatic carbocycles. The molecule has 0 atom stereocenters. The lowest BCUT2D eigenvalue weighted by Crippen LogP contribution is -2.14. The molecule has 0 radical (unpaired) electrons. The maximum absolute atomic E-state index is 12.8. The molecule has 1 aromatic heterocycles. The molecule has 0 unspecified atom stereocenters. The molecule has 7 nitrogen and oxygen atoms in total. The second kappa shape index (κ2) is 8.70. The van der Waals surface area contributed by atoms with Crippen LogP contribution >= 0.6 is 0 Å². The number of hydrogen-bond acceptors (Lipinski definition) is 5. The van der Waals surface area contributed by atoms with Crippen molar-refractivity contribution in [2.24, 2.45) is 5.14 Å². The van der Waals surface area contributed by atoms with Gasteiger partial charge in [0, 0.05) is 17.3 Å². The molecule has 0 fully saturated rings. The molecular formula is C21H14F3N3O4S. The van der Waals surface area contributed by atoms with Crippen molar-refractivity contribution in [1.29, 1.82) is 5.26 Å². The molecule has 3 N–H and O–H groups in total. The van der Waals surface area contributed by atoms with Crippen molar-refractivity contribution in [1.82, 2.24) is 0 Å². The molecule has 0 saturated carbocycles. The van der Waals surface area contributed by atoms with Gasteiger partial charge in [-0.3, -0.25) is 4.79 Å². The van der Waals surface area contributed by atoms with E-state index in [4.69, 9.17) is 9.56 Å². The van der Waals surface area contributed by atoms with Crippen LogP contribution in [-0.4, -0.2) is 14.3 Å². The van der Waals surface area contributed by atoms with Gasteiger partial charge in [0.2, 0.25) is 10.0 Å². The van der Waals surface area contributed by atoms with E-state index in [0.29, 0.717) is 11.3 Å². The lowest BCUT2D eigenvalue weighted by atomic mass is 10.1. The van der Waals surface area contributed by atoms with Gasteiger partial charge in [0.25, 0.3) is 5.91 Å². The summed E-state index contributed by atoms with van der Waals surface area (Å²) in [5.74, 6) is -0.457. The number of nitrogens with one attached hydrogen (secondary N) is 1. The highest BCUT2D eigenvalue weighted by Gasteiger charge is 2.30. The highest BCUT2D eigenvalue weighted by Crippen LogP contribution is 2.31. The normalized spacial score (nSPS) is 12.3. The van der Waals surface area contributed by atoms with Gasteiger partial charge >= 0.3 is 6.18 Å². The van der Waals surface area contributed by atoms with Gasteiger partial charge in [-0.1, -0.05) is 6.07 Å². The van der Waals surface area contributed by atoms with Crippen LogP contribution < -0.4 is 10.5 Å². The Kier molecular flexibility index (Phi) is 6.20. The van der Waals surface area contributed by atoms with E-state index >= 15 is 0 Å². The first-order valence-electron chi connectivity index (χ1n) is 8.81. The maximum atomic E-state index is 12.8. The van der Waals surface area contributed by atoms with Crippen LogP contribution in [0, 0.1) is 11.3 Å². The molecule has 164 valence electrons. The number of alkyl halides is 3. The molecular weight excluding hydrogens is 447 g/mol. The first-order valence-corrected chi connectivity index (χ1v) is 10.4. The summed E-state index contributed by atoms with van der Waals surface area (Å²) in [4.78, 5) is 12.2. The molecule has 0 aliphatic heterocycles. The van der Waals surface area contributed by atoms with Crippen molar-refractivity contribution >= 4 is 27.7 Å². The van der Waals surface area contributed by atoms with Crippen molar-refractivity contribution in [2.45, 2.75) is 11.1 Å². The van der Waals surface area contributed by atoms with Crippen LogP contribution in [0.1, 0.15) is 11.3 Å². The Morgan fingerprint density at radius 3 is 2.38 bits per heavy atom. The smallest absolute Gasteiger partial charge is 0.416 e. The number of nitrogens with zero attached hydrogens (tertiary/aromatic N) is 1. The largest absolute Gasteiger partial charge is 0.457 e. The molecule has 1 amide bonds. The third-order valence-electron chi connectivity index (χ3n) is 4.19. The number of nitriles is 1. The lowest BCUT2D eigenvalue weighted by Gasteiger charge is -2.09. The summed E-state index contributed by atoms with van der Waals surface area (Å²) in [6.45, 7) is 0. The number of hydrogen-bond donors (Lipinski definition) is 2. The van der Waals surface area contributed by atoms with E-state index in [0.717, 1.165) is 24.3 Å². The van der Waals surface area contributed by atoms with E-state index in [-0.39, 0.29) is 16.3 Å². The van der Waals surface area contributed by atoms with E-state index in [1.54, 1.807) is 6.07 Å². The topological polar surface area (TPSA) is 126 Å². The second-order valence-corrected chi connectivity index (χ2v) is 8.04. The van der Waals surface area contributed by atoms with E-state index in [1.165, 1.54) is 42.5 Å². The number of halogens is 3. The molecule has 1 heterocycles. The second-order valence-electron chi connectivity index (χ2n) is 6.47. The van der Waals surface area contributed by atoms with Crippen molar-refractivity contribution in [3.05, 3.63) is 77.6 Å². The van der Waals surface area contributed by atoms with E-state index in [2.05, 4.69) is 5.32 Å². The quantitative estimate of drug-likeness (QED) is 0.436. The summed E-state index contributed by atoms with van der Waals surface area (Å²) in [5, 5.41) is 16.6. The molecule has 3 aromatic rings. The minimum atomic E-state index is -4.58. The summed E-state index contributed by atoms with van der Waals surface area (Å²) in [6, 6.07) is 14.2. The Hall–Kier alpha value is -3.88. The Labute approximate surface area is 180 Å². The minimum absolute atomic E-state index is 0.0778. The fraction of sp³-hybridized carbons (Fsp3) is 0.0476. The van der Waals surface area contributed by atoms with E-state index in [1.807, 2.05) is 0 Å². The standard InChI is InChI=1S/C21H14F3N3O4S/c22-21(23,24)15-2-1-3-16(11-15)27-20(28)14(12-25)10-17-6-9-19(31-17)13-4-7-18(8-5-13)32(26,29)30/h1-11H,(H,27,28)(H2,26,29,30)/b14-10+. The molecule has 0 saturated heterocycles. The fourth-order valence-corrected chi connectivity index (χ4v) is 3.17. The maximum Gasteiger partial charge on any atom is 0.416 e. The number of carbonyl (C=O) groups excluding carboxylic acids is 1. The molecule has 3 rings (SSSR count). The summed E-state index contributed by atoms with van der Waals surface area (Å²) in [5.41, 5.74) is -0.945. The number of amides is 1. The molecule has 0 bridgehead atoms. The molecule has 0 spiro atoms. The van der Waals surface area contributed by atoms with Crippen LogP contribution in [0.4, 0.5) is 18.9 Å². The van der Waals surface area contributed by atoms with Crippen LogP contribution in [0.3, 0.4) is 0 Å². The Morgan fingerprint density at radius 1 is 1.09 bits per heavy atom. The number of nitrogens with two attached hydrogens (primary N) is 1. The zero-order valence-electron chi connectivity index (χ0n) is 16.1. The van der Waals surface area contributed by atoms with Gasteiger partial charge in [-0.25, -0.2) is 13.6 Å². The third kappa shape index (κ3) is 5.42. The zero-order valence-corrected chi connectivity index (χ0v) is 16.9. The summed E-state index contributed by atoms with van der Waals surface area (Å²) >= 11 is 0. The van der Waals surface area contributed by atoms with Crippen LogP contribution in [0.15, 0.2) is 75.5 Å². The van der Waals surface area contributed by atoms with Crippen molar-refractivity contribution in [2.75, 3.05) is 5.32 Å². The van der Waals surface area contributed by atoms with Crippen molar-refractivity contribution < 1.29 is 30.8 Å². The van der Waals surface area contributed by atoms with Gasteiger partial charge in [-0.05, 0) is 54.6 Å². The Balaban J connectivity index is 1.79. The zero-order chi connectivity index (χ0) is 23.5. The van der Waals surface area contributed by atoms with E-state index < -0.39 is 33.2 Å². The monoisotopic (exact) mass is 461 g/mol. The SMILES string of the molecule is N#C/C(=C\c1ccc(-c2ccc(S(N)(=O)=O)cc2)o1)C(=O)Nc1cccc(C(F)(F)F)c1. The van der Waals surface area contributed by atoms with Gasteiger partial charge in [0.15, 0.2) is 0 Å². The average molecular weight is 461 g/mol. The van der Waals surface area contributed by atoms with Gasteiger partial charge in [0.1, 0.15) is 23.2 Å². The summed E-state index contributed by atoms with van der Waals surface area (Å²) in [7, 11) is -3.85. The Bertz CT molecular complexity index is 1340. The first-order chi connectivity index (χ1) is 15.0. The van der Waals surface area contributed by atoms with Gasteiger partial charge in [-0.2, -0.15) is 18.4 Å². The molecule has 0 aliphatic rings. The van der Waals surface area contributed by atoms with Gasteiger partial charge in [-0.15, -0.1) is 0 Å². The predicted octanol–water partition coefficient (Wildman–Crippen LogP) is 4.16. The van der Waals surface area contributed by atoms with Gasteiger partial charge < -0.3 is 9.73 Å². The lowest BCUT2D eigenvalue weighted by molar-refractivity contribution is -0.137. The predicted molar refractivity (Wildman–Crippen MR) is 109 cm³/mol. The highest BCUT2D eigenvalue weighted by atomic mass is 32.2. The molecule has 0 aliphatic carbocycles. The van der Waals surface area contributed by atoms with Crippen LogP contribution in [0.25, 0.3) is 17.4 Å². The molecule has 32 heavy (non-hydrogen) atoms. The van der Waals surface area contributed by atoms with Crippen LogP contribution in [0.2, 0.25) is 0 Å². The number of anilines is 1. The van der Waals surface area contributed by atoms with Crippen molar-refractivity contribution in [3.8, 4) is 17.4 Å². The van der Waals surface area contributed by atoms with Crippen molar-refractivity contribution in [3.63, 3.8) is 0 Å². The minimum Gasteiger partial charge on any atom is -0.457 e. The first kappa shape index (κ1) is 22.8. The molecule has 11 heteroatoms. The number of furan rings is 1. The van der Waals surface area contributed by atoms with Crippen LogP contribution in [-0.2, 0) is 21.0 Å². The highest BCUT2D eigenvalue weighted by molar-refractivity contribution is 7.89. The number of sulfonamides is 1. The number of rotatable bonds is 5. The van der Waals surface area contributed by atoms with Crippen LogP contribution in [0.5, 0.6) is 0 Å². The van der Waals surface area contributed by atoms with E-state index in [9.17, 15) is 31.6 Å². The number of primary sulfonamides is 1. The Morgan fingerprint density at radius 2 is 1.78 bits per heavy atom. The number of carbonyl (C=O) groups is 1. The third-order valence-corrected chi connectivity index (χ3v) is 5.12.